The minimum Gasteiger partial charge on any atom is -0.481 e. The molecule has 0 bridgehead atoms. The van der Waals surface area contributed by atoms with Crippen molar-refractivity contribution in [2.24, 2.45) is 92.7 Å². The maximum Gasteiger partial charge on any atom is 0.305 e. The first kappa shape index (κ1) is 46.7. The van der Waals surface area contributed by atoms with Crippen LogP contribution in [0.3, 0.4) is 0 Å². The number of ketones is 2. The molecule has 0 amide bonds. The fraction of sp³-hybridized carbons (Fsp3) is 0.849. The number of carboxylic acid groups (broad SMARTS) is 1. The Hall–Kier alpha value is -2.32. The minimum absolute atomic E-state index is 0.114. The average Bonchev–Trinajstić information content (AvgIpc) is 3.77. The molecule has 3 N–H and O–H groups in total. The van der Waals surface area contributed by atoms with Crippen LogP contribution in [0.1, 0.15) is 171 Å². The Kier molecular flexibility index (Phi) is 13.4. The summed E-state index contributed by atoms with van der Waals surface area (Å²) in [5.41, 5.74) is 2.58. The Balaban J connectivity index is 0.000000184. The van der Waals surface area contributed by atoms with Crippen molar-refractivity contribution in [2.45, 2.75) is 183 Å². The second kappa shape index (κ2) is 17.6. The SMILES string of the molecule is C/C=C1/C(=O)C2C(CC[C@@]3(C)C2CC[C@@H]3[C@H](C)CCC(=O)O)[C@@]2(C)CC[C@@H](O)CC12.C/C=C1/C(=O)C2C(CC[C@@]3(C)C2CC[C@@H]3[C@H](C)CCC(=O)OC)[C@@]2(C)CC[C@@H](O)CC12. The van der Waals surface area contributed by atoms with Gasteiger partial charge in [-0.25, -0.2) is 0 Å². The molecule has 8 saturated carbocycles. The number of esters is 1. The summed E-state index contributed by atoms with van der Waals surface area (Å²) in [5.74, 6) is 4.31. The Morgan fingerprint density at radius 1 is 0.623 bits per heavy atom. The van der Waals surface area contributed by atoms with E-state index in [4.69, 9.17) is 9.84 Å². The molecule has 8 rings (SSSR count). The minimum atomic E-state index is -0.705. The molecule has 8 heteroatoms. The first-order valence-electron chi connectivity index (χ1n) is 24.9. The molecule has 8 aliphatic rings. The molecule has 0 radical (unpaired) electrons. The lowest BCUT2D eigenvalue weighted by atomic mass is 9.43. The van der Waals surface area contributed by atoms with Gasteiger partial charge in [-0.3, -0.25) is 19.2 Å². The van der Waals surface area contributed by atoms with Crippen molar-refractivity contribution >= 4 is 23.5 Å². The lowest BCUT2D eigenvalue weighted by molar-refractivity contribution is -0.150. The van der Waals surface area contributed by atoms with Gasteiger partial charge in [0.05, 0.1) is 19.3 Å². The van der Waals surface area contributed by atoms with Crippen LogP contribution in [0, 0.1) is 92.7 Å². The summed E-state index contributed by atoms with van der Waals surface area (Å²) < 4.78 is 4.87. The van der Waals surface area contributed by atoms with Gasteiger partial charge in [-0.2, -0.15) is 0 Å². The molecule has 0 aromatic carbocycles. The Morgan fingerprint density at radius 2 is 1.00 bits per heavy atom. The standard InChI is InChI=1S/C27H42O4.C26H40O4/c1-6-18-22-15-17(28)11-13-27(22,4)21-12-14-26(3)19(16(2)7-10-23(29)31-5)8-9-20(26)24(21)25(18)30;1-5-17-21-14-16(27)10-12-26(21,4)20-11-13-25(3)18(15(2)6-9-22(28)29)7-8-19(25)23(20)24(17)30/h6,16-17,19-22,24,28H,7-15H2,1-5H3;5,15-16,18-21,23,27H,6-14H2,1-4H3,(H,28,29)/b18-6+;17-5+/t16-,17-,19-,20?,21?,22?,24?,26-,27-;15-,16-,18-,19?,20?,21?,23?,25-,26-/m11/s1. The van der Waals surface area contributed by atoms with E-state index in [-0.39, 0.29) is 69.9 Å². The molecule has 0 saturated heterocycles. The number of Topliss-reactive ketones (excluding diaryl/α,β-unsaturated/α-hetero) is 2. The molecule has 18 atom stereocenters. The highest BCUT2D eigenvalue weighted by atomic mass is 16.5. The first-order valence-corrected chi connectivity index (χ1v) is 24.9. The van der Waals surface area contributed by atoms with Crippen molar-refractivity contribution in [3.8, 4) is 0 Å². The van der Waals surface area contributed by atoms with Gasteiger partial charge >= 0.3 is 11.9 Å². The molecule has 0 aliphatic heterocycles. The number of aliphatic hydroxyl groups is 2. The van der Waals surface area contributed by atoms with Gasteiger partial charge in [-0.05, 0) is 209 Å². The van der Waals surface area contributed by atoms with Crippen molar-refractivity contribution in [1.29, 1.82) is 0 Å². The van der Waals surface area contributed by atoms with Gasteiger partial charge in [-0.15, -0.1) is 0 Å². The number of fused-ring (bicyclic) bond motifs is 10. The zero-order chi connectivity index (χ0) is 44.4. The average molecular weight is 847 g/mol. The van der Waals surface area contributed by atoms with Gasteiger partial charge in [0.15, 0.2) is 11.6 Å². The summed E-state index contributed by atoms with van der Waals surface area (Å²) in [6.07, 6.45) is 20.3. The predicted molar refractivity (Wildman–Crippen MR) is 238 cm³/mol. The maximum absolute atomic E-state index is 13.9. The monoisotopic (exact) mass is 847 g/mol. The number of ether oxygens (including phenoxy) is 1. The zero-order valence-electron chi connectivity index (χ0n) is 39.3. The highest BCUT2D eigenvalue weighted by Crippen LogP contribution is 2.70. The van der Waals surface area contributed by atoms with Crippen LogP contribution >= 0.6 is 0 Å². The van der Waals surface area contributed by atoms with E-state index in [1.54, 1.807) is 0 Å². The molecule has 0 aromatic rings. The van der Waals surface area contributed by atoms with Crippen LogP contribution in [0.25, 0.3) is 0 Å². The van der Waals surface area contributed by atoms with Gasteiger partial charge in [0.25, 0.3) is 0 Å². The maximum atomic E-state index is 13.9. The Bertz CT molecular complexity index is 1750. The van der Waals surface area contributed by atoms with Gasteiger partial charge in [-0.1, -0.05) is 53.7 Å². The van der Waals surface area contributed by atoms with Crippen molar-refractivity contribution < 1.29 is 39.2 Å². The van der Waals surface area contributed by atoms with Gasteiger partial charge < -0.3 is 20.1 Å². The number of carbonyl (C=O) groups excluding carboxylic acids is 3. The van der Waals surface area contributed by atoms with E-state index >= 15 is 0 Å². The number of hydrogen-bond acceptors (Lipinski definition) is 7. The number of aliphatic hydroxyl groups excluding tert-OH is 2. The molecule has 342 valence electrons. The van der Waals surface area contributed by atoms with Crippen LogP contribution in [0.15, 0.2) is 23.3 Å². The number of carbonyl (C=O) groups is 4. The third-order valence-corrected chi connectivity index (χ3v) is 20.8. The lowest BCUT2D eigenvalue weighted by Crippen LogP contribution is -2.58. The molecule has 0 heterocycles. The topological polar surface area (TPSA) is 138 Å². The summed E-state index contributed by atoms with van der Waals surface area (Å²) in [6, 6.07) is 0. The third-order valence-electron chi connectivity index (χ3n) is 20.8. The largest absolute Gasteiger partial charge is 0.481 e. The molecular formula is C53H82O8. The van der Waals surface area contributed by atoms with E-state index in [0.29, 0.717) is 65.3 Å². The predicted octanol–water partition coefficient (Wildman–Crippen LogP) is 10.6. The highest BCUT2D eigenvalue weighted by Gasteiger charge is 2.66. The van der Waals surface area contributed by atoms with Crippen LogP contribution in [-0.2, 0) is 23.9 Å². The Labute approximate surface area is 367 Å². The molecule has 8 fully saturated rings. The van der Waals surface area contributed by atoms with Crippen molar-refractivity contribution in [1.82, 2.24) is 0 Å². The van der Waals surface area contributed by atoms with Crippen molar-refractivity contribution in [2.75, 3.05) is 7.11 Å². The summed E-state index contributed by atoms with van der Waals surface area (Å²) >= 11 is 0. The normalized spacial score (nSPS) is 47.4. The number of allylic oxidation sites excluding steroid dienone is 4. The van der Waals surface area contributed by atoms with Crippen LogP contribution in [0.5, 0.6) is 0 Å². The van der Waals surface area contributed by atoms with Crippen molar-refractivity contribution in [3.63, 3.8) is 0 Å². The van der Waals surface area contributed by atoms with Crippen LogP contribution < -0.4 is 0 Å². The van der Waals surface area contributed by atoms with Crippen molar-refractivity contribution in [3.05, 3.63) is 23.3 Å². The van der Waals surface area contributed by atoms with E-state index in [2.05, 4.69) is 47.6 Å². The molecule has 8 aliphatic carbocycles. The van der Waals surface area contributed by atoms with E-state index in [9.17, 15) is 29.4 Å². The molecule has 0 aromatic heterocycles. The smallest absolute Gasteiger partial charge is 0.305 e. The lowest BCUT2D eigenvalue weighted by Gasteiger charge is -2.61. The fourth-order valence-electron chi connectivity index (χ4n) is 17.5. The second-order valence-corrected chi connectivity index (χ2v) is 23.1. The van der Waals surface area contributed by atoms with E-state index < -0.39 is 5.97 Å². The number of aliphatic carboxylic acids is 1. The summed E-state index contributed by atoms with van der Waals surface area (Å²) in [5, 5.41) is 29.9. The third kappa shape index (κ3) is 7.77. The van der Waals surface area contributed by atoms with Gasteiger partial charge in [0, 0.05) is 24.7 Å². The number of rotatable bonds is 8. The zero-order valence-corrected chi connectivity index (χ0v) is 39.3. The molecule has 0 spiro atoms. The number of hydrogen-bond donors (Lipinski definition) is 3. The van der Waals surface area contributed by atoms with Crippen LogP contribution in [0.2, 0.25) is 0 Å². The van der Waals surface area contributed by atoms with Crippen LogP contribution in [-0.4, -0.2) is 58.1 Å². The summed E-state index contributed by atoms with van der Waals surface area (Å²) in [6.45, 7) is 18.2. The van der Waals surface area contributed by atoms with Gasteiger partial charge in [0.2, 0.25) is 0 Å². The summed E-state index contributed by atoms with van der Waals surface area (Å²) in [4.78, 5) is 50.5. The number of carboxylic acids is 1. The Morgan fingerprint density at radius 3 is 1.38 bits per heavy atom. The molecule has 8 nitrogen and oxygen atoms in total. The highest BCUT2D eigenvalue weighted by molar-refractivity contribution is 6.00. The van der Waals surface area contributed by atoms with E-state index in [1.165, 1.54) is 20.0 Å². The molecular weight excluding hydrogens is 765 g/mol. The van der Waals surface area contributed by atoms with Crippen LogP contribution in [0.4, 0.5) is 0 Å². The molecule has 61 heavy (non-hydrogen) atoms. The number of methoxy groups -OCH3 is 1. The fourth-order valence-corrected chi connectivity index (χ4v) is 17.5. The molecule has 8 unspecified atom stereocenters. The second-order valence-electron chi connectivity index (χ2n) is 23.1. The van der Waals surface area contributed by atoms with Gasteiger partial charge in [0.1, 0.15) is 0 Å². The van der Waals surface area contributed by atoms with E-state index in [1.807, 2.05) is 19.9 Å². The first-order chi connectivity index (χ1) is 28.8. The quantitative estimate of drug-likeness (QED) is 0.162. The summed E-state index contributed by atoms with van der Waals surface area (Å²) in [7, 11) is 1.47. The van der Waals surface area contributed by atoms with E-state index in [0.717, 1.165) is 101 Å².